The first-order valence-corrected chi connectivity index (χ1v) is 7.25. The zero-order chi connectivity index (χ0) is 16.3. The van der Waals surface area contributed by atoms with E-state index in [9.17, 15) is 23.3 Å². The van der Waals surface area contributed by atoms with Crippen molar-refractivity contribution in [1.29, 1.82) is 0 Å². The number of nitrogens with zero attached hydrogens (tertiary/aromatic N) is 3. The molecule has 0 saturated carbocycles. The zero-order valence-corrected chi connectivity index (χ0v) is 12.4. The third kappa shape index (κ3) is 3.80. The van der Waals surface area contributed by atoms with Crippen molar-refractivity contribution in [2.45, 2.75) is 6.18 Å². The maximum Gasteiger partial charge on any atom is 0.416 e. The van der Waals surface area contributed by atoms with Crippen molar-refractivity contribution < 1.29 is 18.1 Å². The van der Waals surface area contributed by atoms with Gasteiger partial charge in [0.15, 0.2) is 0 Å². The monoisotopic (exact) mass is 337 g/mol. The molecule has 0 bridgehead atoms. The lowest BCUT2D eigenvalue weighted by Crippen LogP contribution is -2.47. The average Bonchev–Trinajstić information content (AvgIpc) is 2.47. The molecule has 1 aliphatic rings. The van der Waals surface area contributed by atoms with Gasteiger partial charge in [0.05, 0.1) is 10.5 Å². The molecule has 122 valence electrons. The molecule has 1 fully saturated rings. The highest BCUT2D eigenvalue weighted by Crippen LogP contribution is 2.36. The number of nitro groups is 1. The zero-order valence-electron chi connectivity index (χ0n) is 11.6. The molecule has 9 heteroatoms. The molecule has 1 aromatic carbocycles. The lowest BCUT2D eigenvalue weighted by Gasteiger charge is -2.35. The fourth-order valence-electron chi connectivity index (χ4n) is 2.45. The summed E-state index contributed by atoms with van der Waals surface area (Å²) in [5, 5.41) is 11.1. The predicted octanol–water partition coefficient (Wildman–Crippen LogP) is 2.97. The maximum absolute atomic E-state index is 12.7. The number of piperazine rings is 1. The second kappa shape index (κ2) is 6.70. The van der Waals surface area contributed by atoms with Gasteiger partial charge in [-0.3, -0.25) is 15.0 Å². The van der Waals surface area contributed by atoms with E-state index in [1.165, 1.54) is 6.07 Å². The van der Waals surface area contributed by atoms with E-state index in [0.29, 0.717) is 38.1 Å². The third-order valence-electron chi connectivity index (χ3n) is 3.61. The minimum atomic E-state index is -4.59. The molecular weight excluding hydrogens is 323 g/mol. The quantitative estimate of drug-likeness (QED) is 0.481. The minimum Gasteiger partial charge on any atom is -0.363 e. The Hall–Kier alpha value is -1.54. The van der Waals surface area contributed by atoms with Crippen LogP contribution >= 0.6 is 11.6 Å². The second-order valence-electron chi connectivity index (χ2n) is 4.98. The van der Waals surface area contributed by atoms with Crippen molar-refractivity contribution in [3.63, 3.8) is 0 Å². The summed E-state index contributed by atoms with van der Waals surface area (Å²) < 4.78 is 38.1. The maximum atomic E-state index is 12.7. The standard InChI is InChI=1S/C13H15ClF3N3O2/c14-3-4-18-5-7-19(8-6-18)11-2-1-10(13(15,16)17)9-12(11)20(21)22/h1-2,9H,3-8H2. The summed E-state index contributed by atoms with van der Waals surface area (Å²) >= 11 is 5.66. The summed E-state index contributed by atoms with van der Waals surface area (Å²) in [6.07, 6.45) is -4.59. The molecule has 0 aliphatic carbocycles. The van der Waals surface area contributed by atoms with Crippen molar-refractivity contribution in [2.75, 3.05) is 43.5 Å². The van der Waals surface area contributed by atoms with Gasteiger partial charge in [0.2, 0.25) is 0 Å². The normalized spacial score (nSPS) is 16.8. The largest absolute Gasteiger partial charge is 0.416 e. The molecule has 1 aliphatic heterocycles. The average molecular weight is 338 g/mol. The molecule has 0 unspecified atom stereocenters. The molecular formula is C13H15ClF3N3O2. The summed E-state index contributed by atoms with van der Waals surface area (Å²) in [5.41, 5.74) is -1.30. The molecule has 1 saturated heterocycles. The Balaban J connectivity index is 2.23. The Kier molecular flexibility index (Phi) is 5.12. The van der Waals surface area contributed by atoms with Gasteiger partial charge >= 0.3 is 6.18 Å². The van der Waals surface area contributed by atoms with Crippen molar-refractivity contribution >= 4 is 23.0 Å². The van der Waals surface area contributed by atoms with Crippen LogP contribution in [0.3, 0.4) is 0 Å². The Bertz CT molecular complexity index is 546. The van der Waals surface area contributed by atoms with Crippen LogP contribution in [0, 0.1) is 10.1 Å². The molecule has 0 amide bonds. The van der Waals surface area contributed by atoms with Crippen LogP contribution in [-0.2, 0) is 6.18 Å². The lowest BCUT2D eigenvalue weighted by molar-refractivity contribution is -0.384. The van der Waals surface area contributed by atoms with Gasteiger partial charge in [0.1, 0.15) is 5.69 Å². The second-order valence-corrected chi connectivity index (χ2v) is 5.35. The number of hydrogen-bond donors (Lipinski definition) is 0. The molecule has 1 aromatic rings. The summed E-state index contributed by atoms with van der Waals surface area (Å²) in [4.78, 5) is 14.2. The SMILES string of the molecule is O=[N+]([O-])c1cc(C(F)(F)F)ccc1N1CCN(CCCl)CC1. The van der Waals surface area contributed by atoms with Crippen molar-refractivity contribution in [3.8, 4) is 0 Å². The van der Waals surface area contributed by atoms with Gasteiger partial charge in [-0.05, 0) is 12.1 Å². The van der Waals surface area contributed by atoms with Crippen LogP contribution in [0.1, 0.15) is 5.56 Å². The number of hydrogen-bond acceptors (Lipinski definition) is 4. The van der Waals surface area contributed by atoms with Gasteiger partial charge in [0, 0.05) is 44.7 Å². The number of halogens is 4. The summed E-state index contributed by atoms with van der Waals surface area (Å²) in [6, 6.07) is 2.66. The molecule has 2 rings (SSSR count). The van der Waals surface area contributed by atoms with Crippen molar-refractivity contribution in [1.82, 2.24) is 4.90 Å². The van der Waals surface area contributed by atoms with Gasteiger partial charge in [0.25, 0.3) is 5.69 Å². The minimum absolute atomic E-state index is 0.225. The highest BCUT2D eigenvalue weighted by atomic mass is 35.5. The van der Waals surface area contributed by atoms with E-state index in [-0.39, 0.29) is 5.69 Å². The van der Waals surface area contributed by atoms with Gasteiger partial charge in [-0.2, -0.15) is 13.2 Å². The molecule has 0 radical (unpaired) electrons. The van der Waals surface area contributed by atoms with E-state index in [1.54, 1.807) is 4.90 Å². The molecule has 5 nitrogen and oxygen atoms in total. The van der Waals surface area contributed by atoms with Gasteiger partial charge < -0.3 is 4.90 Å². The van der Waals surface area contributed by atoms with E-state index < -0.39 is 22.4 Å². The Morgan fingerprint density at radius 2 is 1.86 bits per heavy atom. The molecule has 1 heterocycles. The number of benzene rings is 1. The van der Waals surface area contributed by atoms with Gasteiger partial charge in [-0.25, -0.2) is 0 Å². The van der Waals surface area contributed by atoms with Crippen LogP contribution in [0.25, 0.3) is 0 Å². The Labute approximate surface area is 130 Å². The van der Waals surface area contributed by atoms with Crippen molar-refractivity contribution in [3.05, 3.63) is 33.9 Å². The fraction of sp³-hybridized carbons (Fsp3) is 0.538. The summed E-state index contributed by atoms with van der Waals surface area (Å²) in [6.45, 7) is 3.10. The molecule has 0 spiro atoms. The first kappa shape index (κ1) is 16.8. The smallest absolute Gasteiger partial charge is 0.363 e. The number of rotatable bonds is 4. The van der Waals surface area contributed by atoms with E-state index in [2.05, 4.69) is 4.90 Å². The van der Waals surface area contributed by atoms with Crippen LogP contribution in [0.2, 0.25) is 0 Å². The number of anilines is 1. The van der Waals surface area contributed by atoms with E-state index in [1.807, 2.05) is 0 Å². The molecule has 0 atom stereocenters. The third-order valence-corrected chi connectivity index (χ3v) is 3.78. The number of nitro benzene ring substituents is 1. The summed E-state index contributed by atoms with van der Waals surface area (Å²) in [7, 11) is 0. The molecule has 0 aromatic heterocycles. The topological polar surface area (TPSA) is 49.6 Å². The first-order valence-electron chi connectivity index (χ1n) is 6.72. The Morgan fingerprint density at radius 1 is 1.23 bits per heavy atom. The fourth-order valence-corrected chi connectivity index (χ4v) is 2.68. The molecule has 0 N–H and O–H groups in total. The van der Waals surface area contributed by atoms with Crippen LogP contribution in [0.15, 0.2) is 18.2 Å². The van der Waals surface area contributed by atoms with Gasteiger partial charge in [-0.1, -0.05) is 0 Å². The first-order chi connectivity index (χ1) is 10.3. The van der Waals surface area contributed by atoms with Crippen LogP contribution in [-0.4, -0.2) is 48.4 Å². The highest BCUT2D eigenvalue weighted by Gasteiger charge is 2.34. The van der Waals surface area contributed by atoms with E-state index in [4.69, 9.17) is 11.6 Å². The summed E-state index contributed by atoms with van der Waals surface area (Å²) in [5.74, 6) is 0.500. The highest BCUT2D eigenvalue weighted by molar-refractivity contribution is 6.18. The van der Waals surface area contributed by atoms with Crippen LogP contribution in [0.4, 0.5) is 24.5 Å². The lowest BCUT2D eigenvalue weighted by atomic mass is 10.1. The van der Waals surface area contributed by atoms with Gasteiger partial charge in [-0.15, -0.1) is 11.6 Å². The Morgan fingerprint density at radius 3 is 2.36 bits per heavy atom. The number of alkyl halides is 4. The van der Waals surface area contributed by atoms with Crippen LogP contribution in [0.5, 0.6) is 0 Å². The predicted molar refractivity (Wildman–Crippen MR) is 77.5 cm³/mol. The van der Waals surface area contributed by atoms with Crippen molar-refractivity contribution in [2.24, 2.45) is 0 Å². The molecule has 22 heavy (non-hydrogen) atoms. The van der Waals surface area contributed by atoms with E-state index >= 15 is 0 Å². The van der Waals surface area contributed by atoms with Crippen LogP contribution < -0.4 is 4.90 Å². The van der Waals surface area contributed by atoms with E-state index in [0.717, 1.165) is 12.6 Å².